The third-order valence-corrected chi connectivity index (χ3v) is 2.15. The molecule has 4 heteroatoms. The lowest BCUT2D eigenvalue weighted by Crippen LogP contribution is -2.06. The van der Waals surface area contributed by atoms with Crippen LogP contribution in [0.4, 0.5) is 11.4 Å². The fourth-order valence-electron chi connectivity index (χ4n) is 1.52. The molecule has 0 saturated heterocycles. The monoisotopic (exact) mass is 172 g/mol. The molecule has 0 atom stereocenters. The summed E-state index contributed by atoms with van der Waals surface area (Å²) in [6.45, 7) is 0.795. The summed E-state index contributed by atoms with van der Waals surface area (Å²) in [7, 11) is 0. The number of aromatic nitrogens is 2. The molecule has 3 rings (SSSR count). The van der Waals surface area contributed by atoms with Crippen molar-refractivity contribution in [2.75, 3.05) is 11.9 Å². The molecule has 1 aromatic carbocycles. The van der Waals surface area contributed by atoms with Crippen LogP contribution in [0, 0.1) is 0 Å². The van der Waals surface area contributed by atoms with Gasteiger partial charge in [-0.1, -0.05) is 0 Å². The number of fused-ring (bicyclic) bond motifs is 2. The van der Waals surface area contributed by atoms with E-state index in [0.717, 1.165) is 29.0 Å². The maximum atomic E-state index is 4.29. The molecule has 64 valence electrons. The highest BCUT2D eigenvalue weighted by atomic mass is 15.0. The van der Waals surface area contributed by atoms with Gasteiger partial charge in [-0.25, -0.2) is 4.98 Å². The Morgan fingerprint density at radius 3 is 3.31 bits per heavy atom. The standard InChI is InChI=1S/C9H8N4/c1-2-11-7-4-9-8(12-5-13-9)3-6(7)10-1/h1,3-5,11H,2H2,(H,12,13). The second-order valence-corrected chi connectivity index (χ2v) is 2.98. The first kappa shape index (κ1) is 6.65. The third kappa shape index (κ3) is 0.917. The van der Waals surface area contributed by atoms with E-state index in [2.05, 4.69) is 20.3 Å². The summed E-state index contributed by atoms with van der Waals surface area (Å²) in [5.41, 5.74) is 4.04. The molecule has 0 saturated carbocycles. The van der Waals surface area contributed by atoms with Crippen molar-refractivity contribution in [2.45, 2.75) is 0 Å². The van der Waals surface area contributed by atoms with E-state index in [0.29, 0.717) is 0 Å². The lowest BCUT2D eigenvalue weighted by atomic mass is 10.2. The minimum Gasteiger partial charge on any atom is -0.378 e. The number of hydrogen-bond donors (Lipinski definition) is 2. The van der Waals surface area contributed by atoms with Crippen LogP contribution in [0.1, 0.15) is 0 Å². The van der Waals surface area contributed by atoms with E-state index in [1.807, 2.05) is 18.3 Å². The minimum absolute atomic E-state index is 0.795. The number of anilines is 1. The zero-order chi connectivity index (χ0) is 8.67. The van der Waals surface area contributed by atoms with Crippen molar-refractivity contribution in [3.63, 3.8) is 0 Å². The Kier molecular flexibility index (Phi) is 1.19. The van der Waals surface area contributed by atoms with E-state index in [-0.39, 0.29) is 0 Å². The van der Waals surface area contributed by atoms with Gasteiger partial charge in [0.2, 0.25) is 0 Å². The molecule has 0 aliphatic carbocycles. The zero-order valence-corrected chi connectivity index (χ0v) is 6.91. The van der Waals surface area contributed by atoms with Gasteiger partial charge in [0.1, 0.15) is 0 Å². The average Bonchev–Trinajstić information content (AvgIpc) is 2.61. The maximum Gasteiger partial charge on any atom is 0.0931 e. The summed E-state index contributed by atoms with van der Waals surface area (Å²) < 4.78 is 0. The predicted octanol–water partition coefficient (Wildman–Crippen LogP) is 1.69. The number of H-pyrrole nitrogens is 1. The number of nitrogens with zero attached hydrogens (tertiary/aromatic N) is 2. The number of hydrogen-bond acceptors (Lipinski definition) is 3. The fraction of sp³-hybridized carbons (Fsp3) is 0.111. The van der Waals surface area contributed by atoms with Crippen LogP contribution in [0.2, 0.25) is 0 Å². The van der Waals surface area contributed by atoms with Crippen molar-refractivity contribution >= 4 is 28.6 Å². The summed E-state index contributed by atoms with van der Waals surface area (Å²) in [5.74, 6) is 0. The van der Waals surface area contributed by atoms with Crippen LogP contribution in [-0.2, 0) is 0 Å². The number of rotatable bonds is 0. The van der Waals surface area contributed by atoms with Gasteiger partial charge in [-0.15, -0.1) is 0 Å². The highest BCUT2D eigenvalue weighted by molar-refractivity contribution is 5.90. The first-order valence-electron chi connectivity index (χ1n) is 4.17. The molecule has 1 aromatic heterocycles. The van der Waals surface area contributed by atoms with E-state index >= 15 is 0 Å². The van der Waals surface area contributed by atoms with Gasteiger partial charge in [0.15, 0.2) is 0 Å². The molecular formula is C9H8N4. The van der Waals surface area contributed by atoms with Crippen molar-refractivity contribution < 1.29 is 0 Å². The molecule has 0 amide bonds. The van der Waals surface area contributed by atoms with Crippen LogP contribution in [0.5, 0.6) is 0 Å². The smallest absolute Gasteiger partial charge is 0.0931 e. The second-order valence-electron chi connectivity index (χ2n) is 2.98. The fourth-order valence-corrected chi connectivity index (χ4v) is 1.52. The van der Waals surface area contributed by atoms with E-state index < -0.39 is 0 Å². The SMILES string of the molecule is C1=Nc2cc3[nH]cnc3cc2NC1. The van der Waals surface area contributed by atoms with E-state index in [1.165, 1.54) is 0 Å². The molecule has 4 nitrogen and oxygen atoms in total. The number of aliphatic imine (C=N–C) groups is 1. The summed E-state index contributed by atoms with van der Waals surface area (Å²) in [5, 5.41) is 3.24. The van der Waals surface area contributed by atoms with Gasteiger partial charge in [0.05, 0.1) is 35.3 Å². The van der Waals surface area contributed by atoms with E-state index in [1.54, 1.807) is 6.33 Å². The molecule has 0 bridgehead atoms. The van der Waals surface area contributed by atoms with E-state index in [9.17, 15) is 0 Å². The lowest BCUT2D eigenvalue weighted by molar-refractivity contribution is 1.34. The zero-order valence-electron chi connectivity index (χ0n) is 6.91. The van der Waals surface area contributed by atoms with Crippen molar-refractivity contribution in [1.29, 1.82) is 0 Å². The summed E-state index contributed by atoms with van der Waals surface area (Å²) in [6, 6.07) is 4.01. The van der Waals surface area contributed by atoms with Crippen LogP contribution >= 0.6 is 0 Å². The van der Waals surface area contributed by atoms with Gasteiger partial charge in [-0.05, 0) is 12.1 Å². The van der Waals surface area contributed by atoms with Crippen LogP contribution < -0.4 is 5.32 Å². The molecule has 1 aliphatic rings. The minimum atomic E-state index is 0.795. The number of nitrogens with one attached hydrogen (secondary N) is 2. The number of imidazole rings is 1. The molecule has 2 aromatic rings. The Balaban J connectivity index is 2.36. The molecular weight excluding hydrogens is 164 g/mol. The van der Waals surface area contributed by atoms with Crippen LogP contribution in [0.25, 0.3) is 11.0 Å². The average molecular weight is 172 g/mol. The Labute approximate surface area is 74.7 Å². The summed E-state index contributed by atoms with van der Waals surface area (Å²) in [6.07, 6.45) is 3.56. The van der Waals surface area contributed by atoms with Crippen LogP contribution in [0.3, 0.4) is 0 Å². The highest BCUT2D eigenvalue weighted by Crippen LogP contribution is 2.30. The quantitative estimate of drug-likeness (QED) is 0.635. The highest BCUT2D eigenvalue weighted by Gasteiger charge is 2.07. The van der Waals surface area contributed by atoms with Crippen molar-refractivity contribution in [2.24, 2.45) is 4.99 Å². The van der Waals surface area contributed by atoms with Crippen molar-refractivity contribution in [1.82, 2.24) is 9.97 Å². The normalized spacial score (nSPS) is 14.2. The van der Waals surface area contributed by atoms with Gasteiger partial charge in [-0.2, -0.15) is 0 Å². The Hall–Kier alpha value is -1.84. The summed E-state index contributed by atoms with van der Waals surface area (Å²) in [4.78, 5) is 11.5. The Bertz CT molecular complexity index is 483. The molecule has 1 aliphatic heterocycles. The molecule has 0 spiro atoms. The largest absolute Gasteiger partial charge is 0.378 e. The topological polar surface area (TPSA) is 53.1 Å². The molecule has 0 fully saturated rings. The van der Waals surface area contributed by atoms with E-state index in [4.69, 9.17) is 0 Å². The number of benzene rings is 1. The molecule has 2 N–H and O–H groups in total. The van der Waals surface area contributed by atoms with Gasteiger partial charge in [0, 0.05) is 6.21 Å². The first-order chi connectivity index (χ1) is 6.43. The Morgan fingerprint density at radius 2 is 2.31 bits per heavy atom. The molecule has 0 radical (unpaired) electrons. The molecule has 2 heterocycles. The third-order valence-electron chi connectivity index (χ3n) is 2.15. The number of aromatic amines is 1. The second kappa shape index (κ2) is 2.32. The maximum absolute atomic E-state index is 4.29. The Morgan fingerprint density at radius 1 is 1.31 bits per heavy atom. The molecule has 0 unspecified atom stereocenters. The van der Waals surface area contributed by atoms with Gasteiger partial charge >= 0.3 is 0 Å². The lowest BCUT2D eigenvalue weighted by Gasteiger charge is -2.11. The van der Waals surface area contributed by atoms with Gasteiger partial charge in [0.25, 0.3) is 0 Å². The van der Waals surface area contributed by atoms with Gasteiger partial charge in [-0.3, -0.25) is 4.99 Å². The van der Waals surface area contributed by atoms with Crippen LogP contribution in [0.15, 0.2) is 23.5 Å². The first-order valence-corrected chi connectivity index (χ1v) is 4.17. The predicted molar refractivity (Wildman–Crippen MR) is 52.7 cm³/mol. The summed E-state index contributed by atoms with van der Waals surface area (Å²) >= 11 is 0. The van der Waals surface area contributed by atoms with Crippen LogP contribution in [-0.4, -0.2) is 22.7 Å². The molecule has 13 heavy (non-hydrogen) atoms. The van der Waals surface area contributed by atoms with Gasteiger partial charge < -0.3 is 10.3 Å². The van der Waals surface area contributed by atoms with Crippen molar-refractivity contribution in [3.05, 3.63) is 18.5 Å². The van der Waals surface area contributed by atoms with Crippen molar-refractivity contribution in [3.8, 4) is 0 Å².